The van der Waals surface area contributed by atoms with E-state index in [1.807, 2.05) is 6.92 Å². The molecule has 4 aliphatic carbocycles. The molecule has 0 aromatic carbocycles. The van der Waals surface area contributed by atoms with Crippen LogP contribution in [-0.4, -0.2) is 16.9 Å². The number of halogens is 1. The van der Waals surface area contributed by atoms with Crippen molar-refractivity contribution in [3.63, 3.8) is 0 Å². The maximum Gasteiger partial charge on any atom is 0.131 e. The number of hydrogen-bond donors (Lipinski definition) is 1. The molecular weight excluding hydrogens is 287 g/mol. The molecule has 0 heterocycles. The Balaban J connectivity index is 1.64. The first-order valence-electron chi connectivity index (χ1n) is 9.48. The summed E-state index contributed by atoms with van der Waals surface area (Å²) in [6.07, 6.45) is 9.51. The molecule has 23 heavy (non-hydrogen) atoms. The second-order valence-electron chi connectivity index (χ2n) is 8.66. The van der Waals surface area contributed by atoms with Crippen molar-refractivity contribution in [3.05, 3.63) is 11.6 Å². The summed E-state index contributed by atoms with van der Waals surface area (Å²) in [4.78, 5) is 0. The van der Waals surface area contributed by atoms with Gasteiger partial charge >= 0.3 is 0 Å². The first kappa shape index (κ1) is 15.7. The monoisotopic (exact) mass is 316 g/mol. The van der Waals surface area contributed by atoms with Crippen LogP contribution in [0.1, 0.15) is 65.2 Å². The second-order valence-corrected chi connectivity index (χ2v) is 8.66. The zero-order valence-corrected chi connectivity index (χ0v) is 14.4. The minimum Gasteiger partial charge on any atom is -0.377 e. The fourth-order valence-corrected chi connectivity index (χ4v) is 6.65. The van der Waals surface area contributed by atoms with Gasteiger partial charge in [-0.15, -0.1) is 5.92 Å². The van der Waals surface area contributed by atoms with Crippen LogP contribution >= 0.6 is 0 Å². The van der Waals surface area contributed by atoms with Crippen LogP contribution in [0.15, 0.2) is 11.6 Å². The molecule has 0 radical (unpaired) electrons. The predicted octanol–water partition coefficient (Wildman–Crippen LogP) is 4.65. The van der Waals surface area contributed by atoms with Crippen molar-refractivity contribution >= 4 is 0 Å². The highest BCUT2D eigenvalue weighted by molar-refractivity contribution is 5.27. The fraction of sp³-hybridized carbons (Fsp3) is 0.810. The molecule has 3 fully saturated rings. The molecule has 0 spiro atoms. The molecule has 0 bridgehead atoms. The van der Waals surface area contributed by atoms with E-state index in [1.165, 1.54) is 12.0 Å². The van der Waals surface area contributed by atoms with Gasteiger partial charge in [-0.3, -0.25) is 0 Å². The van der Waals surface area contributed by atoms with Crippen molar-refractivity contribution in [2.45, 2.75) is 77.0 Å². The SMILES string of the molecule is CC#CC1(O)CCC2C3CC=C4CC(F)CCC4C3CCC21C. The van der Waals surface area contributed by atoms with E-state index in [-0.39, 0.29) is 5.41 Å². The molecule has 2 heteroatoms. The van der Waals surface area contributed by atoms with Crippen LogP contribution in [0.2, 0.25) is 0 Å². The minimum atomic E-state index is -0.794. The summed E-state index contributed by atoms with van der Waals surface area (Å²) in [6.45, 7) is 4.12. The summed E-state index contributed by atoms with van der Waals surface area (Å²) in [6, 6.07) is 0. The molecule has 3 saturated carbocycles. The van der Waals surface area contributed by atoms with Gasteiger partial charge < -0.3 is 5.11 Å². The van der Waals surface area contributed by atoms with Gasteiger partial charge in [0.1, 0.15) is 11.8 Å². The summed E-state index contributed by atoms with van der Waals surface area (Å²) in [5, 5.41) is 11.2. The maximum absolute atomic E-state index is 13.8. The highest BCUT2D eigenvalue weighted by Crippen LogP contribution is 2.64. The van der Waals surface area contributed by atoms with Crippen molar-refractivity contribution in [1.29, 1.82) is 0 Å². The lowest BCUT2D eigenvalue weighted by Crippen LogP contribution is -2.52. The van der Waals surface area contributed by atoms with Crippen molar-refractivity contribution < 1.29 is 9.50 Å². The minimum absolute atomic E-state index is 0.0557. The Bertz CT molecular complexity index is 584. The normalized spacial score (nSPS) is 51.7. The number of fused-ring (bicyclic) bond motifs is 5. The Morgan fingerprint density at radius 3 is 2.78 bits per heavy atom. The maximum atomic E-state index is 13.8. The molecule has 126 valence electrons. The van der Waals surface area contributed by atoms with Crippen LogP contribution in [0.5, 0.6) is 0 Å². The summed E-state index contributed by atoms with van der Waals surface area (Å²) in [5.41, 5.74) is 0.563. The van der Waals surface area contributed by atoms with E-state index in [0.29, 0.717) is 24.2 Å². The fourth-order valence-electron chi connectivity index (χ4n) is 6.65. The third-order valence-electron chi connectivity index (χ3n) is 7.87. The number of aliphatic hydroxyl groups is 1. The van der Waals surface area contributed by atoms with Gasteiger partial charge in [0, 0.05) is 5.41 Å². The van der Waals surface area contributed by atoms with Gasteiger partial charge in [0.05, 0.1) is 0 Å². The molecule has 4 aliphatic rings. The van der Waals surface area contributed by atoms with E-state index in [9.17, 15) is 9.50 Å². The Hall–Kier alpha value is -0.810. The standard InChI is InChI=1S/C21H29FO/c1-3-10-21(23)12-9-19-18-6-4-14-13-15(22)5-7-16(14)17(18)8-11-20(19,21)2/h4,15-19,23H,5-9,11-13H2,1-2H3. The average molecular weight is 316 g/mol. The lowest BCUT2D eigenvalue weighted by Gasteiger charge is -2.54. The molecule has 0 amide bonds. The van der Waals surface area contributed by atoms with Crippen LogP contribution in [0.4, 0.5) is 4.39 Å². The number of alkyl halides is 1. The molecule has 4 rings (SSSR count). The summed E-state index contributed by atoms with van der Waals surface area (Å²) >= 11 is 0. The molecule has 7 unspecified atom stereocenters. The third-order valence-corrected chi connectivity index (χ3v) is 7.87. The van der Waals surface area contributed by atoms with Gasteiger partial charge in [-0.05, 0) is 82.0 Å². The second kappa shape index (κ2) is 5.35. The van der Waals surface area contributed by atoms with Crippen molar-refractivity contribution in [1.82, 2.24) is 0 Å². The van der Waals surface area contributed by atoms with E-state index in [4.69, 9.17) is 0 Å². The smallest absolute Gasteiger partial charge is 0.131 e. The molecule has 0 aromatic heterocycles. The van der Waals surface area contributed by atoms with Crippen LogP contribution in [0.25, 0.3) is 0 Å². The van der Waals surface area contributed by atoms with E-state index < -0.39 is 11.8 Å². The largest absolute Gasteiger partial charge is 0.377 e. The van der Waals surface area contributed by atoms with Crippen molar-refractivity contribution in [3.8, 4) is 11.8 Å². The molecule has 0 saturated heterocycles. The quantitative estimate of drug-likeness (QED) is 0.509. The topological polar surface area (TPSA) is 20.2 Å². The van der Waals surface area contributed by atoms with Gasteiger partial charge in [-0.1, -0.05) is 24.5 Å². The van der Waals surface area contributed by atoms with Crippen molar-refractivity contribution in [2.24, 2.45) is 29.1 Å². The van der Waals surface area contributed by atoms with Crippen LogP contribution in [-0.2, 0) is 0 Å². The molecule has 0 aromatic rings. The molecule has 7 atom stereocenters. The van der Waals surface area contributed by atoms with Crippen LogP contribution in [0.3, 0.4) is 0 Å². The first-order valence-corrected chi connectivity index (χ1v) is 9.48. The summed E-state index contributed by atoms with van der Waals surface area (Å²) in [5.74, 6) is 8.73. The van der Waals surface area contributed by atoms with E-state index in [0.717, 1.165) is 44.4 Å². The predicted molar refractivity (Wildman–Crippen MR) is 90.4 cm³/mol. The Kier molecular flexibility index (Phi) is 3.65. The van der Waals surface area contributed by atoms with E-state index in [2.05, 4.69) is 24.8 Å². The van der Waals surface area contributed by atoms with E-state index in [1.54, 1.807) is 0 Å². The lowest BCUT2D eigenvalue weighted by atomic mass is 9.51. The van der Waals surface area contributed by atoms with E-state index >= 15 is 0 Å². The average Bonchev–Trinajstić information content (AvgIpc) is 2.79. The van der Waals surface area contributed by atoms with Gasteiger partial charge in [-0.25, -0.2) is 4.39 Å². The zero-order chi connectivity index (χ0) is 16.2. The number of allylic oxidation sites excluding steroid dienone is 2. The highest BCUT2D eigenvalue weighted by Gasteiger charge is 2.61. The van der Waals surface area contributed by atoms with Gasteiger partial charge in [0.25, 0.3) is 0 Å². The third kappa shape index (κ3) is 2.15. The number of hydrogen-bond acceptors (Lipinski definition) is 1. The summed E-state index contributed by atoms with van der Waals surface area (Å²) in [7, 11) is 0. The summed E-state index contributed by atoms with van der Waals surface area (Å²) < 4.78 is 13.8. The Morgan fingerprint density at radius 1 is 1.17 bits per heavy atom. The molecule has 1 nitrogen and oxygen atoms in total. The van der Waals surface area contributed by atoms with Gasteiger partial charge in [-0.2, -0.15) is 0 Å². The van der Waals surface area contributed by atoms with Crippen LogP contribution < -0.4 is 0 Å². The van der Waals surface area contributed by atoms with Gasteiger partial charge in [0.15, 0.2) is 0 Å². The molecular formula is C21H29FO. The van der Waals surface area contributed by atoms with Crippen molar-refractivity contribution in [2.75, 3.05) is 0 Å². The Morgan fingerprint density at radius 2 is 2.00 bits per heavy atom. The molecule has 0 aliphatic heterocycles. The molecule has 1 N–H and O–H groups in total. The number of rotatable bonds is 0. The van der Waals surface area contributed by atoms with Gasteiger partial charge in [0.2, 0.25) is 0 Å². The Labute approximate surface area is 139 Å². The first-order chi connectivity index (χ1) is 11.0. The van der Waals surface area contributed by atoms with Crippen LogP contribution in [0, 0.1) is 40.9 Å². The highest BCUT2D eigenvalue weighted by atomic mass is 19.1. The zero-order valence-electron chi connectivity index (χ0n) is 14.4. The lowest BCUT2D eigenvalue weighted by molar-refractivity contribution is -0.0821.